The first-order chi connectivity index (χ1) is 5.39. The maximum absolute atomic E-state index is 10.0. The van der Waals surface area contributed by atoms with E-state index in [1.165, 1.54) is 0 Å². The number of carbonyl (C=O) groups excluding carboxylic acids is 2. The van der Waals surface area contributed by atoms with Gasteiger partial charge in [0.25, 0.3) is 0 Å². The molecule has 0 aliphatic carbocycles. The van der Waals surface area contributed by atoms with Crippen molar-refractivity contribution >= 4 is 34.1 Å². The summed E-state index contributed by atoms with van der Waals surface area (Å²) < 4.78 is 7.60. The molecular formula is C4H4Cl2O6. The number of carbonyl (C=O) groups is 2. The number of hydrogen-bond acceptors (Lipinski definition) is 6. The van der Waals surface area contributed by atoms with Crippen molar-refractivity contribution in [3.63, 3.8) is 0 Å². The number of aliphatic hydroxyl groups excluding tert-OH is 1. The Morgan fingerprint density at radius 2 is 1.58 bits per heavy atom. The summed E-state index contributed by atoms with van der Waals surface area (Å²) in [7, 11) is 0. The molecule has 70 valence electrons. The fraction of sp³-hybridized carbons (Fsp3) is 0.500. The maximum Gasteiger partial charge on any atom is 0.408 e. The standard InChI is InChI=1S/C4H4Cl2O6/c5-2(8)11-4(10,1-7)12-3(6)9/h7,10H,1H2. The number of rotatable bonds is 3. The van der Waals surface area contributed by atoms with Gasteiger partial charge in [-0.05, 0) is 0 Å². The van der Waals surface area contributed by atoms with Gasteiger partial charge in [0.15, 0.2) is 0 Å². The lowest BCUT2D eigenvalue weighted by Gasteiger charge is -2.21. The van der Waals surface area contributed by atoms with Crippen molar-refractivity contribution in [3.8, 4) is 0 Å². The summed E-state index contributed by atoms with van der Waals surface area (Å²) in [6, 6.07) is 0. The molecule has 0 aliphatic heterocycles. The van der Waals surface area contributed by atoms with Gasteiger partial charge in [0.05, 0.1) is 0 Å². The van der Waals surface area contributed by atoms with Gasteiger partial charge in [0, 0.05) is 23.2 Å². The first kappa shape index (κ1) is 11.4. The molecule has 0 amide bonds. The van der Waals surface area contributed by atoms with Crippen LogP contribution in [0.4, 0.5) is 9.59 Å². The van der Waals surface area contributed by atoms with Crippen molar-refractivity contribution in [3.05, 3.63) is 0 Å². The molecule has 0 aromatic rings. The summed E-state index contributed by atoms with van der Waals surface area (Å²) >= 11 is 9.32. The topological polar surface area (TPSA) is 93.1 Å². The van der Waals surface area contributed by atoms with E-state index < -0.39 is 23.4 Å². The Balaban J connectivity index is 4.23. The fourth-order valence-electron chi connectivity index (χ4n) is 0.336. The van der Waals surface area contributed by atoms with Gasteiger partial charge in [-0.2, -0.15) is 0 Å². The molecule has 0 fully saturated rings. The number of aliphatic hydroxyl groups is 2. The maximum atomic E-state index is 10.0. The second-order valence-electron chi connectivity index (χ2n) is 1.55. The van der Waals surface area contributed by atoms with Crippen LogP contribution >= 0.6 is 23.2 Å². The third kappa shape index (κ3) is 4.35. The van der Waals surface area contributed by atoms with Gasteiger partial charge >= 0.3 is 16.8 Å². The molecule has 0 atom stereocenters. The van der Waals surface area contributed by atoms with Gasteiger partial charge in [-0.25, -0.2) is 9.59 Å². The Labute approximate surface area is 76.6 Å². The smallest absolute Gasteiger partial charge is 0.385 e. The van der Waals surface area contributed by atoms with E-state index in [0.717, 1.165) is 0 Å². The Hall–Kier alpha value is -0.560. The van der Waals surface area contributed by atoms with Crippen LogP contribution in [0, 0.1) is 0 Å². The molecule has 0 spiro atoms. The molecule has 0 bridgehead atoms. The third-order valence-corrected chi connectivity index (χ3v) is 0.834. The van der Waals surface area contributed by atoms with E-state index in [-0.39, 0.29) is 0 Å². The molecule has 0 heterocycles. The minimum absolute atomic E-state index is 1.18. The van der Waals surface area contributed by atoms with Crippen LogP contribution in [0.3, 0.4) is 0 Å². The summed E-state index contributed by atoms with van der Waals surface area (Å²) in [6.07, 6.45) is 0. The van der Waals surface area contributed by atoms with Gasteiger partial charge in [0.1, 0.15) is 6.61 Å². The Morgan fingerprint density at radius 1 is 1.25 bits per heavy atom. The SMILES string of the molecule is O=C(Cl)OC(O)(CO)OC(=O)Cl. The van der Waals surface area contributed by atoms with Gasteiger partial charge < -0.3 is 19.7 Å². The predicted molar refractivity (Wildman–Crippen MR) is 36.7 cm³/mol. The first-order valence-electron chi connectivity index (χ1n) is 2.50. The second-order valence-corrected chi connectivity index (χ2v) is 2.17. The summed E-state index contributed by atoms with van der Waals surface area (Å²) in [5.41, 5.74) is -2.91. The molecular weight excluding hydrogens is 215 g/mol. The molecule has 0 saturated heterocycles. The monoisotopic (exact) mass is 218 g/mol. The molecule has 6 nitrogen and oxygen atoms in total. The lowest BCUT2D eigenvalue weighted by molar-refractivity contribution is -0.311. The summed E-state index contributed by atoms with van der Waals surface area (Å²) in [5.74, 6) is -2.82. The van der Waals surface area contributed by atoms with Crippen molar-refractivity contribution in [2.45, 2.75) is 5.97 Å². The van der Waals surface area contributed by atoms with Crippen LogP contribution in [0.15, 0.2) is 0 Å². The number of halogens is 2. The van der Waals surface area contributed by atoms with E-state index >= 15 is 0 Å². The van der Waals surface area contributed by atoms with Gasteiger partial charge in [0.2, 0.25) is 0 Å². The largest absolute Gasteiger partial charge is 0.408 e. The Morgan fingerprint density at radius 3 is 1.75 bits per heavy atom. The van der Waals surface area contributed by atoms with Crippen molar-refractivity contribution in [1.29, 1.82) is 0 Å². The van der Waals surface area contributed by atoms with Gasteiger partial charge in [-0.3, -0.25) is 0 Å². The average Bonchev–Trinajstić information content (AvgIpc) is 1.83. The molecule has 2 N–H and O–H groups in total. The van der Waals surface area contributed by atoms with E-state index in [4.69, 9.17) is 10.2 Å². The number of ether oxygens (including phenoxy) is 2. The zero-order chi connectivity index (χ0) is 9.78. The third-order valence-electron chi connectivity index (χ3n) is 0.679. The minimum atomic E-state index is -2.82. The molecule has 0 unspecified atom stereocenters. The highest BCUT2D eigenvalue weighted by atomic mass is 35.5. The molecule has 0 aliphatic rings. The summed E-state index contributed by atoms with van der Waals surface area (Å²) in [5, 5.41) is 17.2. The van der Waals surface area contributed by atoms with Gasteiger partial charge in [-0.15, -0.1) is 0 Å². The van der Waals surface area contributed by atoms with Crippen LogP contribution in [0.2, 0.25) is 0 Å². The fourth-order valence-corrected chi connectivity index (χ4v) is 0.577. The van der Waals surface area contributed by atoms with Crippen LogP contribution in [0.5, 0.6) is 0 Å². The van der Waals surface area contributed by atoms with E-state index in [1.54, 1.807) is 0 Å². The Kier molecular flexibility index (Phi) is 4.25. The second kappa shape index (κ2) is 4.46. The van der Waals surface area contributed by atoms with E-state index in [9.17, 15) is 9.59 Å². The minimum Gasteiger partial charge on any atom is -0.385 e. The molecule has 0 saturated carbocycles. The van der Waals surface area contributed by atoms with Crippen LogP contribution in [0.25, 0.3) is 0 Å². The molecule has 0 radical (unpaired) electrons. The van der Waals surface area contributed by atoms with E-state index in [2.05, 4.69) is 32.7 Å². The van der Waals surface area contributed by atoms with Crippen molar-refractivity contribution < 1.29 is 29.3 Å². The van der Waals surface area contributed by atoms with E-state index in [1.807, 2.05) is 0 Å². The molecule has 0 rings (SSSR count). The van der Waals surface area contributed by atoms with Crippen LogP contribution in [0.1, 0.15) is 0 Å². The number of hydrogen-bond donors (Lipinski definition) is 2. The summed E-state index contributed by atoms with van der Waals surface area (Å²) in [6.45, 7) is -1.18. The predicted octanol–water partition coefficient (Wildman–Crippen LogP) is 0.376. The van der Waals surface area contributed by atoms with Crippen molar-refractivity contribution in [1.82, 2.24) is 0 Å². The van der Waals surface area contributed by atoms with E-state index in [0.29, 0.717) is 0 Å². The van der Waals surface area contributed by atoms with Crippen LogP contribution in [-0.4, -0.2) is 33.7 Å². The quantitative estimate of drug-likeness (QED) is 0.526. The zero-order valence-electron chi connectivity index (χ0n) is 5.49. The first-order valence-corrected chi connectivity index (χ1v) is 3.25. The zero-order valence-corrected chi connectivity index (χ0v) is 7.00. The molecule has 8 heteroatoms. The average molecular weight is 219 g/mol. The lowest BCUT2D eigenvalue weighted by atomic mass is 10.6. The summed E-state index contributed by atoms with van der Waals surface area (Å²) in [4.78, 5) is 20.1. The van der Waals surface area contributed by atoms with Crippen LogP contribution < -0.4 is 0 Å². The molecule has 0 aromatic carbocycles. The molecule has 12 heavy (non-hydrogen) atoms. The normalized spacial score (nSPS) is 10.7. The highest BCUT2D eigenvalue weighted by Gasteiger charge is 2.35. The van der Waals surface area contributed by atoms with Crippen LogP contribution in [-0.2, 0) is 9.47 Å². The van der Waals surface area contributed by atoms with Crippen molar-refractivity contribution in [2.75, 3.05) is 6.61 Å². The van der Waals surface area contributed by atoms with Crippen molar-refractivity contribution in [2.24, 2.45) is 0 Å². The Bertz CT molecular complexity index is 176. The highest BCUT2D eigenvalue weighted by molar-refractivity contribution is 6.61. The highest BCUT2D eigenvalue weighted by Crippen LogP contribution is 2.12. The lowest BCUT2D eigenvalue weighted by Crippen LogP contribution is -2.41. The molecule has 0 aromatic heterocycles. The van der Waals surface area contributed by atoms with Gasteiger partial charge in [-0.1, -0.05) is 0 Å².